The van der Waals surface area contributed by atoms with Crippen molar-refractivity contribution >= 4 is 39.7 Å². The van der Waals surface area contributed by atoms with Gasteiger partial charge in [-0.25, -0.2) is 14.8 Å². The van der Waals surface area contributed by atoms with Gasteiger partial charge in [0.05, 0.1) is 11.4 Å². The van der Waals surface area contributed by atoms with Gasteiger partial charge in [-0.05, 0) is 35.9 Å². The number of amides is 2. The van der Waals surface area contributed by atoms with Crippen molar-refractivity contribution in [2.24, 2.45) is 0 Å². The Hall–Kier alpha value is -2.67. The fourth-order valence-electron chi connectivity index (χ4n) is 2.97. The Morgan fingerprint density at radius 2 is 2.33 bits per heavy atom. The quantitative estimate of drug-likeness (QED) is 0.748. The molecule has 0 saturated heterocycles. The second-order valence-electron chi connectivity index (χ2n) is 5.79. The van der Waals surface area contributed by atoms with Crippen molar-refractivity contribution < 1.29 is 4.79 Å². The fraction of sp³-hybridized carbons (Fsp3) is 0.235. The zero-order chi connectivity index (χ0) is 16.5. The average Bonchev–Trinajstić information content (AvgIpc) is 3.25. The number of hydrogen-bond donors (Lipinski definition) is 2. The number of aryl methyl sites for hydroxylation is 1. The van der Waals surface area contributed by atoms with Crippen LogP contribution in [0.4, 0.5) is 10.5 Å². The van der Waals surface area contributed by atoms with E-state index in [0.29, 0.717) is 13.1 Å². The van der Waals surface area contributed by atoms with Crippen LogP contribution in [-0.4, -0.2) is 39.0 Å². The van der Waals surface area contributed by atoms with Crippen molar-refractivity contribution in [1.82, 2.24) is 19.9 Å². The number of thiophene rings is 1. The number of carbonyl (C=O) groups excluding carboxylic acids is 1. The molecular formula is C17H17N5OS. The highest BCUT2D eigenvalue weighted by molar-refractivity contribution is 7.08. The second-order valence-corrected chi connectivity index (χ2v) is 6.57. The third-order valence-corrected chi connectivity index (χ3v) is 4.92. The largest absolute Gasteiger partial charge is 0.346 e. The van der Waals surface area contributed by atoms with Gasteiger partial charge in [-0.15, -0.1) is 0 Å². The van der Waals surface area contributed by atoms with Crippen LogP contribution < -0.4 is 5.32 Å². The SMILES string of the molecule is Cc1c[nH]c2ncnc(C3=CCN(C(=O)Nc4ccsc4)CC3)c12. The van der Waals surface area contributed by atoms with Gasteiger partial charge < -0.3 is 15.2 Å². The summed E-state index contributed by atoms with van der Waals surface area (Å²) >= 11 is 1.57. The summed E-state index contributed by atoms with van der Waals surface area (Å²) in [6.45, 7) is 3.31. The Labute approximate surface area is 143 Å². The van der Waals surface area contributed by atoms with Gasteiger partial charge in [-0.1, -0.05) is 6.08 Å². The molecule has 3 aromatic rings. The molecule has 2 N–H and O–H groups in total. The number of nitrogens with one attached hydrogen (secondary N) is 2. The van der Waals surface area contributed by atoms with Crippen molar-refractivity contribution in [1.29, 1.82) is 0 Å². The summed E-state index contributed by atoms with van der Waals surface area (Å²) in [7, 11) is 0. The van der Waals surface area contributed by atoms with Crippen LogP contribution in [0.3, 0.4) is 0 Å². The van der Waals surface area contributed by atoms with Crippen LogP contribution in [0.1, 0.15) is 17.7 Å². The van der Waals surface area contributed by atoms with E-state index in [0.717, 1.165) is 34.4 Å². The summed E-state index contributed by atoms with van der Waals surface area (Å²) in [5, 5.41) is 7.86. The van der Waals surface area contributed by atoms with Crippen LogP contribution in [-0.2, 0) is 0 Å². The molecular weight excluding hydrogens is 322 g/mol. The number of hydrogen-bond acceptors (Lipinski definition) is 4. The number of H-pyrrole nitrogens is 1. The van der Waals surface area contributed by atoms with Gasteiger partial charge in [0.2, 0.25) is 0 Å². The van der Waals surface area contributed by atoms with Crippen LogP contribution in [0.25, 0.3) is 16.6 Å². The highest BCUT2D eigenvalue weighted by Gasteiger charge is 2.20. The molecule has 0 atom stereocenters. The van der Waals surface area contributed by atoms with Crippen molar-refractivity contribution in [2.75, 3.05) is 18.4 Å². The smallest absolute Gasteiger partial charge is 0.322 e. The van der Waals surface area contributed by atoms with Crippen LogP contribution in [0, 0.1) is 6.92 Å². The molecule has 122 valence electrons. The maximum atomic E-state index is 12.3. The molecule has 6 nitrogen and oxygen atoms in total. The molecule has 3 aromatic heterocycles. The van der Waals surface area contributed by atoms with Crippen LogP contribution >= 0.6 is 11.3 Å². The molecule has 0 unspecified atom stereocenters. The Kier molecular flexibility index (Phi) is 3.78. The van der Waals surface area contributed by atoms with E-state index in [9.17, 15) is 4.79 Å². The van der Waals surface area contributed by atoms with Crippen LogP contribution in [0.5, 0.6) is 0 Å². The number of urea groups is 1. The summed E-state index contributed by atoms with van der Waals surface area (Å²) in [6, 6.07) is 1.84. The van der Waals surface area contributed by atoms with E-state index >= 15 is 0 Å². The lowest BCUT2D eigenvalue weighted by atomic mass is 10.0. The molecule has 24 heavy (non-hydrogen) atoms. The van der Waals surface area contributed by atoms with Gasteiger partial charge >= 0.3 is 6.03 Å². The summed E-state index contributed by atoms with van der Waals surface area (Å²) in [5.41, 5.74) is 4.98. The molecule has 0 spiro atoms. The summed E-state index contributed by atoms with van der Waals surface area (Å²) in [5.74, 6) is 0. The Morgan fingerprint density at radius 3 is 3.08 bits per heavy atom. The van der Waals surface area contributed by atoms with Gasteiger partial charge in [0.1, 0.15) is 12.0 Å². The Morgan fingerprint density at radius 1 is 1.42 bits per heavy atom. The van der Waals surface area contributed by atoms with Crippen molar-refractivity contribution in [2.45, 2.75) is 13.3 Å². The van der Waals surface area contributed by atoms with Crippen LogP contribution in [0.15, 0.2) is 35.4 Å². The van der Waals surface area contributed by atoms with Crippen molar-refractivity contribution in [3.05, 3.63) is 46.7 Å². The van der Waals surface area contributed by atoms with Crippen LogP contribution in [0.2, 0.25) is 0 Å². The predicted octanol–water partition coefficient (Wildman–Crippen LogP) is 3.65. The molecule has 0 aliphatic carbocycles. The maximum absolute atomic E-state index is 12.3. The average molecular weight is 339 g/mol. The molecule has 7 heteroatoms. The van der Waals surface area contributed by atoms with E-state index in [1.165, 1.54) is 5.57 Å². The number of nitrogens with zero attached hydrogens (tertiary/aromatic N) is 3. The monoisotopic (exact) mass is 339 g/mol. The number of fused-ring (bicyclic) bond motifs is 1. The molecule has 2 amide bonds. The molecule has 0 radical (unpaired) electrons. The first-order valence-corrected chi connectivity index (χ1v) is 8.73. The molecule has 4 heterocycles. The minimum absolute atomic E-state index is 0.0608. The minimum Gasteiger partial charge on any atom is -0.346 e. The molecule has 1 aliphatic rings. The first-order valence-electron chi connectivity index (χ1n) is 7.78. The number of anilines is 1. The molecule has 0 aromatic carbocycles. The van der Waals surface area contributed by atoms with Crippen molar-refractivity contribution in [3.63, 3.8) is 0 Å². The van der Waals surface area contributed by atoms with E-state index in [4.69, 9.17) is 0 Å². The number of carbonyl (C=O) groups is 1. The fourth-order valence-corrected chi connectivity index (χ4v) is 3.56. The topological polar surface area (TPSA) is 73.9 Å². The molecule has 0 fully saturated rings. The van der Waals surface area contributed by atoms with E-state index in [1.54, 1.807) is 17.7 Å². The first-order chi connectivity index (χ1) is 11.7. The lowest BCUT2D eigenvalue weighted by Gasteiger charge is -2.26. The lowest BCUT2D eigenvalue weighted by Crippen LogP contribution is -2.37. The maximum Gasteiger partial charge on any atom is 0.322 e. The zero-order valence-corrected chi connectivity index (χ0v) is 14.1. The van der Waals surface area contributed by atoms with E-state index in [-0.39, 0.29) is 6.03 Å². The normalized spacial score (nSPS) is 14.7. The van der Waals surface area contributed by atoms with E-state index in [1.807, 2.05) is 27.9 Å². The molecule has 1 aliphatic heterocycles. The van der Waals surface area contributed by atoms with E-state index in [2.05, 4.69) is 33.3 Å². The second kappa shape index (κ2) is 6.09. The van der Waals surface area contributed by atoms with Gasteiger partial charge in [-0.3, -0.25) is 0 Å². The highest BCUT2D eigenvalue weighted by atomic mass is 32.1. The van der Waals surface area contributed by atoms with Crippen molar-refractivity contribution in [3.8, 4) is 0 Å². The van der Waals surface area contributed by atoms with Gasteiger partial charge in [-0.2, -0.15) is 11.3 Å². The number of rotatable bonds is 2. The van der Waals surface area contributed by atoms with Gasteiger partial charge in [0.25, 0.3) is 0 Å². The summed E-state index contributed by atoms with van der Waals surface area (Å²) in [6.07, 6.45) is 6.41. The van der Waals surface area contributed by atoms with Gasteiger partial charge in [0, 0.05) is 30.1 Å². The summed E-state index contributed by atoms with van der Waals surface area (Å²) < 4.78 is 0. The third kappa shape index (κ3) is 2.67. The minimum atomic E-state index is -0.0608. The number of aromatic amines is 1. The first kappa shape index (κ1) is 14.9. The molecule has 4 rings (SSSR count). The summed E-state index contributed by atoms with van der Waals surface area (Å²) in [4.78, 5) is 26.0. The van der Waals surface area contributed by atoms with Gasteiger partial charge in [0.15, 0.2) is 0 Å². The third-order valence-electron chi connectivity index (χ3n) is 4.24. The lowest BCUT2D eigenvalue weighted by molar-refractivity contribution is 0.217. The molecule has 0 saturated carbocycles. The Bertz CT molecular complexity index is 912. The molecule has 0 bridgehead atoms. The Balaban J connectivity index is 1.54. The standard InChI is InChI=1S/C17H17N5OS/c1-11-8-18-16-14(11)15(19-10-20-16)12-2-5-22(6-3-12)17(23)21-13-4-7-24-9-13/h2,4,7-10H,3,5-6H2,1H3,(H,21,23)(H,18,19,20). The zero-order valence-electron chi connectivity index (χ0n) is 13.2. The van der Waals surface area contributed by atoms with E-state index < -0.39 is 0 Å². The highest BCUT2D eigenvalue weighted by Crippen LogP contribution is 2.28. The number of aromatic nitrogens is 3. The predicted molar refractivity (Wildman–Crippen MR) is 96.1 cm³/mol.